The number of carbonyl (C=O) groups is 5. The Morgan fingerprint density at radius 1 is 0.853 bits per heavy atom. The first-order valence-electron chi connectivity index (χ1n) is 10.2. The van der Waals surface area contributed by atoms with Crippen molar-refractivity contribution >= 4 is 54.9 Å². The van der Waals surface area contributed by atoms with Gasteiger partial charge in [0.2, 0.25) is 23.6 Å². The molecule has 34 heavy (non-hydrogen) atoms. The lowest BCUT2D eigenvalue weighted by Crippen LogP contribution is -2.58. The van der Waals surface area contributed by atoms with Crippen LogP contribution < -0.4 is 27.4 Å². The number of hydrogen-bond acceptors (Lipinski definition) is 9. The van der Waals surface area contributed by atoms with Crippen LogP contribution in [0, 0.1) is 0 Å². The maximum Gasteiger partial charge on any atom is 0.327 e. The molecular weight excluding hydrogens is 486 g/mol. The number of carboxylic acid groups (broad SMARTS) is 1. The summed E-state index contributed by atoms with van der Waals surface area (Å²) in [6.45, 7) is 0. The molecule has 0 aliphatic carbocycles. The molecule has 4 amide bonds. The standard InChI is InChI=1S/C20H29N5O7S2/c21-12(5-6-16(22)27)17(28)23-13(7-10-1-3-11(26)4-2-10)18(29)24-14(8-33)19(30)25-15(9-34)20(31)32/h1-4,12-15,26,33-34H,5-9,21H2,(H2,22,27)(H,23,28)(H,24,29)(H,25,30)(H,31,32). The fourth-order valence-corrected chi connectivity index (χ4v) is 3.21. The molecule has 0 saturated heterocycles. The zero-order valence-corrected chi connectivity index (χ0v) is 19.9. The van der Waals surface area contributed by atoms with Crippen LogP contribution in [-0.4, -0.2) is 75.5 Å². The number of thiol groups is 2. The smallest absolute Gasteiger partial charge is 0.327 e. The lowest BCUT2D eigenvalue weighted by atomic mass is 10.0. The Bertz CT molecular complexity index is 885. The second kappa shape index (κ2) is 14.3. The van der Waals surface area contributed by atoms with E-state index in [4.69, 9.17) is 16.6 Å². The van der Waals surface area contributed by atoms with Gasteiger partial charge in [0, 0.05) is 24.3 Å². The van der Waals surface area contributed by atoms with Crippen LogP contribution in [0.1, 0.15) is 18.4 Å². The lowest BCUT2D eigenvalue weighted by Gasteiger charge is -2.24. The minimum atomic E-state index is -1.30. The Balaban J connectivity index is 2.99. The number of carboxylic acids is 1. The maximum atomic E-state index is 13.0. The molecule has 0 radical (unpaired) electrons. The van der Waals surface area contributed by atoms with Crippen molar-refractivity contribution in [2.75, 3.05) is 11.5 Å². The van der Waals surface area contributed by atoms with Gasteiger partial charge in [0.15, 0.2) is 0 Å². The Morgan fingerprint density at radius 2 is 1.35 bits per heavy atom. The summed E-state index contributed by atoms with van der Waals surface area (Å²) in [7, 11) is 0. The van der Waals surface area contributed by atoms with Crippen LogP contribution in [0.5, 0.6) is 5.75 Å². The number of nitrogens with one attached hydrogen (secondary N) is 3. The number of carbonyl (C=O) groups excluding carboxylic acids is 4. The number of primary amides is 1. The van der Waals surface area contributed by atoms with E-state index >= 15 is 0 Å². The molecule has 0 aromatic heterocycles. The molecule has 0 aliphatic rings. The Morgan fingerprint density at radius 3 is 1.85 bits per heavy atom. The normalized spacial score (nSPS) is 14.2. The fraction of sp³-hybridized carbons (Fsp3) is 0.450. The second-order valence-corrected chi connectivity index (χ2v) is 8.10. The van der Waals surface area contributed by atoms with Crippen molar-refractivity contribution in [2.45, 2.75) is 43.4 Å². The number of phenols is 1. The monoisotopic (exact) mass is 515 g/mol. The predicted octanol–water partition coefficient (Wildman–Crippen LogP) is -2.07. The molecule has 188 valence electrons. The zero-order valence-electron chi connectivity index (χ0n) is 18.1. The summed E-state index contributed by atoms with van der Waals surface area (Å²) in [5, 5.41) is 25.7. The number of aliphatic carboxylic acids is 1. The number of hydrogen-bond donors (Lipinski definition) is 9. The highest BCUT2D eigenvalue weighted by molar-refractivity contribution is 7.80. The van der Waals surface area contributed by atoms with Gasteiger partial charge in [-0.2, -0.15) is 25.3 Å². The average Bonchev–Trinajstić information content (AvgIpc) is 2.79. The van der Waals surface area contributed by atoms with Gasteiger partial charge >= 0.3 is 5.97 Å². The summed E-state index contributed by atoms with van der Waals surface area (Å²) in [6, 6.07) is 1.11. The highest BCUT2D eigenvalue weighted by Crippen LogP contribution is 2.12. The number of amides is 4. The summed E-state index contributed by atoms with van der Waals surface area (Å²) in [4.78, 5) is 60.0. The van der Waals surface area contributed by atoms with Crippen LogP contribution in [0.4, 0.5) is 0 Å². The molecule has 12 nitrogen and oxygen atoms in total. The van der Waals surface area contributed by atoms with Gasteiger partial charge in [0.25, 0.3) is 0 Å². The zero-order chi connectivity index (χ0) is 25.8. The molecule has 1 rings (SSSR count). The first-order chi connectivity index (χ1) is 16.0. The molecule has 4 atom stereocenters. The molecule has 14 heteroatoms. The Labute approximate surface area is 207 Å². The highest BCUT2D eigenvalue weighted by atomic mass is 32.1. The van der Waals surface area contributed by atoms with Gasteiger partial charge in [0.05, 0.1) is 6.04 Å². The minimum absolute atomic E-state index is 0.00578. The molecule has 0 spiro atoms. The van der Waals surface area contributed by atoms with Crippen molar-refractivity contribution in [3.8, 4) is 5.75 Å². The third kappa shape index (κ3) is 9.89. The second-order valence-electron chi connectivity index (χ2n) is 7.37. The van der Waals surface area contributed by atoms with Gasteiger partial charge in [-0.15, -0.1) is 0 Å². The summed E-state index contributed by atoms with van der Waals surface area (Å²) in [6.07, 6.45) is -0.173. The number of aromatic hydroxyl groups is 1. The molecule has 0 aliphatic heterocycles. The molecule has 0 heterocycles. The molecule has 0 saturated carbocycles. The van der Waals surface area contributed by atoms with Crippen molar-refractivity contribution in [1.82, 2.24) is 16.0 Å². The van der Waals surface area contributed by atoms with E-state index in [2.05, 4.69) is 41.2 Å². The lowest BCUT2D eigenvalue weighted by molar-refractivity contribution is -0.141. The molecule has 0 fully saturated rings. The van der Waals surface area contributed by atoms with Crippen molar-refractivity contribution in [2.24, 2.45) is 11.5 Å². The van der Waals surface area contributed by atoms with E-state index in [1.807, 2.05) is 0 Å². The van der Waals surface area contributed by atoms with E-state index in [1.54, 1.807) is 12.1 Å². The van der Waals surface area contributed by atoms with Gasteiger partial charge in [-0.3, -0.25) is 19.2 Å². The van der Waals surface area contributed by atoms with Gasteiger partial charge in [0.1, 0.15) is 23.9 Å². The third-order valence-corrected chi connectivity index (χ3v) is 5.39. The topological polar surface area (TPSA) is 214 Å². The molecule has 9 N–H and O–H groups in total. The molecule has 0 bridgehead atoms. The summed E-state index contributed by atoms with van der Waals surface area (Å²) in [5.41, 5.74) is 11.4. The molecule has 4 unspecified atom stereocenters. The largest absolute Gasteiger partial charge is 0.508 e. The van der Waals surface area contributed by atoms with E-state index < -0.39 is 53.8 Å². The first kappa shape index (κ1) is 29.1. The van der Waals surface area contributed by atoms with Gasteiger partial charge in [-0.1, -0.05) is 12.1 Å². The predicted molar refractivity (Wildman–Crippen MR) is 129 cm³/mol. The summed E-state index contributed by atoms with van der Waals surface area (Å²) < 4.78 is 0. The van der Waals surface area contributed by atoms with Crippen molar-refractivity contribution in [3.05, 3.63) is 29.8 Å². The van der Waals surface area contributed by atoms with Crippen molar-refractivity contribution < 1.29 is 34.2 Å². The van der Waals surface area contributed by atoms with Crippen molar-refractivity contribution in [3.63, 3.8) is 0 Å². The third-order valence-electron chi connectivity index (χ3n) is 4.66. The van der Waals surface area contributed by atoms with Crippen LogP contribution >= 0.6 is 25.3 Å². The van der Waals surface area contributed by atoms with Crippen LogP contribution in [0.3, 0.4) is 0 Å². The first-order valence-corrected chi connectivity index (χ1v) is 11.4. The number of rotatable bonds is 14. The maximum absolute atomic E-state index is 13.0. The minimum Gasteiger partial charge on any atom is -0.508 e. The Kier molecular flexibility index (Phi) is 12.2. The number of phenolic OH excluding ortho intramolecular Hbond substituents is 1. The quantitative estimate of drug-likeness (QED) is 0.125. The fourth-order valence-electron chi connectivity index (χ4n) is 2.71. The van der Waals surface area contributed by atoms with E-state index in [9.17, 15) is 29.1 Å². The van der Waals surface area contributed by atoms with Crippen LogP contribution in [0.15, 0.2) is 24.3 Å². The van der Waals surface area contributed by atoms with E-state index in [1.165, 1.54) is 12.1 Å². The number of benzene rings is 1. The Hall–Kier alpha value is -2.97. The van der Waals surface area contributed by atoms with Crippen molar-refractivity contribution in [1.29, 1.82) is 0 Å². The van der Waals surface area contributed by atoms with Crippen LogP contribution in [-0.2, 0) is 30.4 Å². The highest BCUT2D eigenvalue weighted by Gasteiger charge is 2.29. The molecule has 1 aromatic carbocycles. The molecular formula is C20H29N5O7S2. The summed E-state index contributed by atoms with van der Waals surface area (Å²) >= 11 is 7.91. The van der Waals surface area contributed by atoms with Gasteiger partial charge in [-0.25, -0.2) is 4.79 Å². The van der Waals surface area contributed by atoms with Gasteiger partial charge in [-0.05, 0) is 24.1 Å². The van der Waals surface area contributed by atoms with Gasteiger partial charge < -0.3 is 37.6 Å². The van der Waals surface area contributed by atoms with E-state index in [0.29, 0.717) is 5.56 Å². The summed E-state index contributed by atoms with van der Waals surface area (Å²) in [5.74, 6) is -4.52. The number of nitrogens with two attached hydrogens (primary N) is 2. The van der Waals surface area contributed by atoms with E-state index in [-0.39, 0.29) is 36.5 Å². The van der Waals surface area contributed by atoms with Crippen LogP contribution in [0.25, 0.3) is 0 Å². The SMILES string of the molecule is NC(=O)CCC(N)C(=O)NC(Cc1ccc(O)cc1)C(=O)NC(CS)C(=O)NC(CS)C(=O)O. The van der Waals surface area contributed by atoms with Crippen LogP contribution in [0.2, 0.25) is 0 Å². The molecule has 1 aromatic rings. The average molecular weight is 516 g/mol. The van der Waals surface area contributed by atoms with E-state index in [0.717, 1.165) is 0 Å².